The summed E-state index contributed by atoms with van der Waals surface area (Å²) in [5.74, 6) is 0. The second kappa shape index (κ2) is 6.30. The standard InChI is InChI=1S/C15H21N3/c16-10-9-12-11-14(7-8-15(12)17)18-13-5-3-1-2-4-6-13/h7-8,11,13,18H,1-6,9,17H2. The zero-order valence-corrected chi connectivity index (χ0v) is 10.8. The quantitative estimate of drug-likeness (QED) is 0.631. The highest BCUT2D eigenvalue weighted by atomic mass is 14.9. The molecule has 1 aliphatic rings. The Kier molecular flexibility index (Phi) is 4.46. The van der Waals surface area contributed by atoms with Crippen molar-refractivity contribution in [3.8, 4) is 6.07 Å². The maximum absolute atomic E-state index is 8.77. The third-order valence-corrected chi connectivity index (χ3v) is 3.64. The summed E-state index contributed by atoms with van der Waals surface area (Å²) in [6.07, 6.45) is 8.23. The number of nitrogens with zero attached hydrogens (tertiary/aromatic N) is 1. The van der Waals surface area contributed by atoms with Crippen molar-refractivity contribution in [3.63, 3.8) is 0 Å². The van der Waals surface area contributed by atoms with Crippen LogP contribution in [-0.4, -0.2) is 6.04 Å². The average Bonchev–Trinajstić information content (AvgIpc) is 2.62. The molecule has 1 aliphatic carbocycles. The second-order valence-corrected chi connectivity index (χ2v) is 5.08. The van der Waals surface area contributed by atoms with Gasteiger partial charge in [-0.15, -0.1) is 0 Å². The molecule has 0 aromatic heterocycles. The molecule has 0 unspecified atom stereocenters. The fraction of sp³-hybridized carbons (Fsp3) is 0.533. The molecular weight excluding hydrogens is 222 g/mol. The summed E-state index contributed by atoms with van der Waals surface area (Å²) in [6.45, 7) is 0. The minimum atomic E-state index is 0.381. The Labute approximate surface area is 109 Å². The van der Waals surface area contributed by atoms with Gasteiger partial charge in [-0.25, -0.2) is 0 Å². The van der Waals surface area contributed by atoms with Crippen LogP contribution in [0.1, 0.15) is 44.1 Å². The molecule has 1 fully saturated rings. The van der Waals surface area contributed by atoms with Gasteiger partial charge in [0, 0.05) is 17.4 Å². The lowest BCUT2D eigenvalue weighted by Gasteiger charge is -2.18. The number of rotatable bonds is 3. The van der Waals surface area contributed by atoms with Gasteiger partial charge in [-0.1, -0.05) is 25.7 Å². The van der Waals surface area contributed by atoms with Crippen LogP contribution in [0.3, 0.4) is 0 Å². The summed E-state index contributed by atoms with van der Waals surface area (Å²) in [4.78, 5) is 0. The molecule has 0 aliphatic heterocycles. The lowest BCUT2D eigenvalue weighted by Crippen LogP contribution is -2.18. The van der Waals surface area contributed by atoms with E-state index < -0.39 is 0 Å². The fourth-order valence-electron chi connectivity index (χ4n) is 2.59. The number of hydrogen-bond acceptors (Lipinski definition) is 3. The van der Waals surface area contributed by atoms with E-state index in [1.165, 1.54) is 38.5 Å². The highest BCUT2D eigenvalue weighted by Crippen LogP contribution is 2.23. The Hall–Kier alpha value is -1.69. The second-order valence-electron chi connectivity index (χ2n) is 5.08. The molecule has 2 rings (SSSR count). The van der Waals surface area contributed by atoms with Gasteiger partial charge in [-0.3, -0.25) is 0 Å². The first-order chi connectivity index (χ1) is 8.79. The molecular formula is C15H21N3. The van der Waals surface area contributed by atoms with E-state index in [4.69, 9.17) is 11.0 Å². The molecule has 0 saturated heterocycles. The lowest BCUT2D eigenvalue weighted by molar-refractivity contribution is 0.620. The first-order valence-corrected chi connectivity index (χ1v) is 6.81. The largest absolute Gasteiger partial charge is 0.398 e. The number of nitriles is 1. The molecule has 3 N–H and O–H groups in total. The van der Waals surface area contributed by atoms with Crippen LogP contribution in [0, 0.1) is 11.3 Å². The van der Waals surface area contributed by atoms with Crippen molar-refractivity contribution in [2.24, 2.45) is 0 Å². The van der Waals surface area contributed by atoms with Gasteiger partial charge in [-0.05, 0) is 36.6 Å². The normalized spacial score (nSPS) is 16.8. The predicted octanol–water partition coefficient (Wildman–Crippen LogP) is 3.47. The van der Waals surface area contributed by atoms with Crippen LogP contribution < -0.4 is 11.1 Å². The van der Waals surface area contributed by atoms with Crippen LogP contribution in [-0.2, 0) is 6.42 Å². The van der Waals surface area contributed by atoms with Gasteiger partial charge in [0.2, 0.25) is 0 Å². The van der Waals surface area contributed by atoms with Crippen LogP contribution in [0.15, 0.2) is 18.2 Å². The minimum Gasteiger partial charge on any atom is -0.398 e. The summed E-state index contributed by atoms with van der Waals surface area (Å²) in [6, 6.07) is 8.66. The van der Waals surface area contributed by atoms with Crippen LogP contribution >= 0.6 is 0 Å². The van der Waals surface area contributed by atoms with Crippen molar-refractivity contribution >= 4 is 11.4 Å². The Balaban J connectivity index is 2.04. The summed E-state index contributed by atoms with van der Waals surface area (Å²) in [7, 11) is 0. The highest BCUT2D eigenvalue weighted by Gasteiger charge is 2.12. The zero-order chi connectivity index (χ0) is 12.8. The summed E-state index contributed by atoms with van der Waals surface area (Å²) in [5.41, 5.74) is 8.59. The van der Waals surface area contributed by atoms with Crippen molar-refractivity contribution in [2.75, 3.05) is 11.1 Å². The van der Waals surface area contributed by atoms with Crippen molar-refractivity contribution in [3.05, 3.63) is 23.8 Å². The molecule has 1 aromatic carbocycles. The molecule has 0 bridgehead atoms. The zero-order valence-electron chi connectivity index (χ0n) is 10.8. The van der Waals surface area contributed by atoms with Gasteiger partial charge in [0.1, 0.15) is 0 Å². The van der Waals surface area contributed by atoms with Crippen molar-refractivity contribution < 1.29 is 0 Å². The van der Waals surface area contributed by atoms with E-state index in [1.54, 1.807) is 0 Å². The monoisotopic (exact) mass is 243 g/mol. The van der Waals surface area contributed by atoms with E-state index in [0.717, 1.165) is 11.3 Å². The molecule has 0 heterocycles. The average molecular weight is 243 g/mol. The van der Waals surface area contributed by atoms with E-state index in [1.807, 2.05) is 18.2 Å². The number of nitrogens with one attached hydrogen (secondary N) is 1. The topological polar surface area (TPSA) is 61.8 Å². The van der Waals surface area contributed by atoms with Crippen LogP contribution in [0.25, 0.3) is 0 Å². The van der Waals surface area contributed by atoms with Crippen molar-refractivity contribution in [2.45, 2.75) is 51.0 Å². The molecule has 0 spiro atoms. The highest BCUT2D eigenvalue weighted by molar-refractivity contribution is 5.58. The smallest absolute Gasteiger partial charge is 0.0670 e. The third-order valence-electron chi connectivity index (χ3n) is 3.64. The molecule has 1 aromatic rings. The first kappa shape index (κ1) is 12.8. The van der Waals surface area contributed by atoms with E-state index in [0.29, 0.717) is 18.2 Å². The molecule has 3 heteroatoms. The molecule has 18 heavy (non-hydrogen) atoms. The molecule has 0 radical (unpaired) electrons. The van der Waals surface area contributed by atoms with E-state index in [9.17, 15) is 0 Å². The van der Waals surface area contributed by atoms with Crippen molar-refractivity contribution in [1.29, 1.82) is 5.26 Å². The Morgan fingerprint density at radius 3 is 2.61 bits per heavy atom. The number of anilines is 2. The van der Waals surface area contributed by atoms with E-state index >= 15 is 0 Å². The van der Waals surface area contributed by atoms with Crippen molar-refractivity contribution in [1.82, 2.24) is 0 Å². The van der Waals surface area contributed by atoms with Crippen LogP contribution in [0.4, 0.5) is 11.4 Å². The van der Waals surface area contributed by atoms with E-state index in [2.05, 4.69) is 11.4 Å². The summed E-state index contributed by atoms with van der Waals surface area (Å²) >= 11 is 0. The molecule has 1 saturated carbocycles. The number of benzene rings is 1. The molecule has 96 valence electrons. The molecule has 0 amide bonds. The molecule has 0 atom stereocenters. The Morgan fingerprint density at radius 1 is 1.22 bits per heavy atom. The summed E-state index contributed by atoms with van der Waals surface area (Å²) < 4.78 is 0. The van der Waals surface area contributed by atoms with E-state index in [-0.39, 0.29) is 0 Å². The van der Waals surface area contributed by atoms with Gasteiger partial charge in [-0.2, -0.15) is 5.26 Å². The van der Waals surface area contributed by atoms with Gasteiger partial charge >= 0.3 is 0 Å². The van der Waals surface area contributed by atoms with Crippen LogP contribution in [0.2, 0.25) is 0 Å². The maximum atomic E-state index is 8.77. The predicted molar refractivity (Wildman–Crippen MR) is 75.3 cm³/mol. The number of nitrogens with two attached hydrogens (primary N) is 1. The SMILES string of the molecule is N#CCc1cc(NC2CCCCCC2)ccc1N. The minimum absolute atomic E-state index is 0.381. The maximum Gasteiger partial charge on any atom is 0.0670 e. The van der Waals surface area contributed by atoms with Gasteiger partial charge < -0.3 is 11.1 Å². The summed E-state index contributed by atoms with van der Waals surface area (Å²) in [5, 5.41) is 12.3. The van der Waals surface area contributed by atoms with Gasteiger partial charge in [0.15, 0.2) is 0 Å². The lowest BCUT2D eigenvalue weighted by atomic mass is 10.1. The van der Waals surface area contributed by atoms with Crippen LogP contribution in [0.5, 0.6) is 0 Å². The van der Waals surface area contributed by atoms with Gasteiger partial charge in [0.05, 0.1) is 12.5 Å². The number of hydrogen-bond donors (Lipinski definition) is 2. The Bertz CT molecular complexity index is 426. The third kappa shape index (κ3) is 3.40. The Morgan fingerprint density at radius 2 is 1.94 bits per heavy atom. The van der Waals surface area contributed by atoms with Gasteiger partial charge in [0.25, 0.3) is 0 Å². The number of nitrogen functional groups attached to an aromatic ring is 1. The fourth-order valence-corrected chi connectivity index (χ4v) is 2.59. The molecule has 3 nitrogen and oxygen atoms in total. The first-order valence-electron chi connectivity index (χ1n) is 6.81.